The first-order valence-electron chi connectivity index (χ1n) is 3.67. The highest BCUT2D eigenvalue weighted by Crippen LogP contribution is 2.26. The molecule has 0 amide bonds. The van der Waals surface area contributed by atoms with Gasteiger partial charge >= 0.3 is 0 Å². The number of allylic oxidation sites excluding steroid dienone is 2. The SMILES string of the molecule is C=CC1C(I)C=Cc2ncnn21. The van der Waals surface area contributed by atoms with Crippen LogP contribution in [-0.4, -0.2) is 18.7 Å². The van der Waals surface area contributed by atoms with Crippen molar-refractivity contribution in [3.63, 3.8) is 0 Å². The van der Waals surface area contributed by atoms with Crippen molar-refractivity contribution < 1.29 is 0 Å². The Morgan fingerprint density at radius 1 is 1.67 bits per heavy atom. The molecule has 4 heteroatoms. The van der Waals surface area contributed by atoms with E-state index < -0.39 is 0 Å². The van der Waals surface area contributed by atoms with Crippen molar-refractivity contribution in [3.8, 4) is 0 Å². The summed E-state index contributed by atoms with van der Waals surface area (Å²) in [6, 6.07) is 0.244. The fourth-order valence-corrected chi connectivity index (χ4v) is 2.07. The molecule has 1 aliphatic heterocycles. The van der Waals surface area contributed by atoms with Crippen molar-refractivity contribution in [2.45, 2.75) is 9.97 Å². The Bertz CT molecular complexity index is 329. The number of halogens is 1. The molecular weight excluding hydrogens is 265 g/mol. The highest BCUT2D eigenvalue weighted by atomic mass is 127. The highest BCUT2D eigenvalue weighted by Gasteiger charge is 2.21. The van der Waals surface area contributed by atoms with Crippen LogP contribution in [0.25, 0.3) is 6.08 Å². The minimum absolute atomic E-state index is 0.244. The van der Waals surface area contributed by atoms with Crippen molar-refractivity contribution >= 4 is 28.7 Å². The van der Waals surface area contributed by atoms with Crippen molar-refractivity contribution in [2.24, 2.45) is 0 Å². The topological polar surface area (TPSA) is 30.7 Å². The molecule has 0 N–H and O–H groups in total. The average Bonchev–Trinajstić information content (AvgIpc) is 2.52. The molecule has 0 fully saturated rings. The number of hydrogen-bond donors (Lipinski definition) is 0. The van der Waals surface area contributed by atoms with Gasteiger partial charge in [0.25, 0.3) is 0 Å². The van der Waals surface area contributed by atoms with E-state index in [0.29, 0.717) is 3.92 Å². The lowest BCUT2D eigenvalue weighted by Gasteiger charge is -2.21. The molecule has 0 bridgehead atoms. The number of hydrogen-bond acceptors (Lipinski definition) is 2. The molecule has 12 heavy (non-hydrogen) atoms. The summed E-state index contributed by atoms with van der Waals surface area (Å²) in [5.74, 6) is 0.910. The third-order valence-electron chi connectivity index (χ3n) is 1.88. The summed E-state index contributed by atoms with van der Waals surface area (Å²) < 4.78 is 2.32. The van der Waals surface area contributed by atoms with Crippen LogP contribution in [0.3, 0.4) is 0 Å². The second kappa shape index (κ2) is 3.01. The minimum Gasteiger partial charge on any atom is -0.238 e. The second-order valence-corrected chi connectivity index (χ2v) is 4.03. The standard InChI is InChI=1S/C8H8IN3/c1-2-7-6(9)3-4-8-10-5-11-12(7)8/h2-7H,1H2. The Morgan fingerprint density at radius 2 is 2.50 bits per heavy atom. The molecule has 0 aromatic carbocycles. The molecule has 0 aliphatic carbocycles. The van der Waals surface area contributed by atoms with Crippen LogP contribution in [0.2, 0.25) is 0 Å². The van der Waals surface area contributed by atoms with Gasteiger partial charge in [-0.3, -0.25) is 0 Å². The molecule has 2 atom stereocenters. The van der Waals surface area contributed by atoms with Crippen molar-refractivity contribution in [1.82, 2.24) is 14.8 Å². The van der Waals surface area contributed by atoms with Gasteiger partial charge in [-0.2, -0.15) is 5.10 Å². The van der Waals surface area contributed by atoms with Gasteiger partial charge in [-0.05, 0) is 6.08 Å². The Kier molecular flexibility index (Phi) is 2.00. The maximum absolute atomic E-state index is 4.14. The summed E-state index contributed by atoms with van der Waals surface area (Å²) in [6.07, 6.45) is 7.59. The first-order chi connectivity index (χ1) is 5.83. The van der Waals surface area contributed by atoms with E-state index in [0.717, 1.165) is 5.82 Å². The monoisotopic (exact) mass is 273 g/mol. The molecule has 2 rings (SSSR count). The van der Waals surface area contributed by atoms with E-state index >= 15 is 0 Å². The Morgan fingerprint density at radius 3 is 3.25 bits per heavy atom. The van der Waals surface area contributed by atoms with E-state index in [9.17, 15) is 0 Å². The van der Waals surface area contributed by atoms with Gasteiger partial charge in [0.15, 0.2) is 5.82 Å². The van der Waals surface area contributed by atoms with Crippen LogP contribution >= 0.6 is 22.6 Å². The fourth-order valence-electron chi connectivity index (χ4n) is 1.26. The Labute approximate surface area is 84.3 Å². The molecule has 0 radical (unpaired) electrons. The maximum atomic E-state index is 4.14. The summed E-state index contributed by atoms with van der Waals surface area (Å²) in [7, 11) is 0. The lowest BCUT2D eigenvalue weighted by Crippen LogP contribution is -2.21. The molecule has 0 spiro atoms. The van der Waals surface area contributed by atoms with E-state index in [1.54, 1.807) is 6.33 Å². The maximum Gasteiger partial charge on any atom is 0.151 e. The molecule has 3 nitrogen and oxygen atoms in total. The molecule has 2 unspecified atom stereocenters. The number of rotatable bonds is 1. The quantitative estimate of drug-likeness (QED) is 0.444. The van der Waals surface area contributed by atoms with Crippen LogP contribution in [0.15, 0.2) is 25.1 Å². The van der Waals surface area contributed by atoms with Crippen molar-refractivity contribution in [3.05, 3.63) is 30.9 Å². The summed E-state index contributed by atoms with van der Waals surface area (Å²) in [5.41, 5.74) is 0. The molecule has 0 saturated carbocycles. The van der Waals surface area contributed by atoms with Gasteiger partial charge in [0.2, 0.25) is 0 Å². The van der Waals surface area contributed by atoms with E-state index in [1.807, 2.05) is 16.8 Å². The lowest BCUT2D eigenvalue weighted by atomic mass is 10.1. The van der Waals surface area contributed by atoms with Crippen LogP contribution < -0.4 is 0 Å². The smallest absolute Gasteiger partial charge is 0.151 e. The predicted octanol–water partition coefficient (Wildman–Crippen LogP) is 1.84. The van der Waals surface area contributed by atoms with E-state index in [2.05, 4.69) is 45.3 Å². The van der Waals surface area contributed by atoms with Gasteiger partial charge in [-0.15, -0.1) is 6.58 Å². The van der Waals surface area contributed by atoms with Gasteiger partial charge in [0.1, 0.15) is 6.33 Å². The van der Waals surface area contributed by atoms with Crippen LogP contribution in [0, 0.1) is 0 Å². The molecule has 1 aromatic rings. The number of alkyl halides is 1. The number of nitrogens with zero attached hydrogens (tertiary/aromatic N) is 3. The van der Waals surface area contributed by atoms with Gasteiger partial charge in [-0.1, -0.05) is 34.7 Å². The highest BCUT2D eigenvalue weighted by molar-refractivity contribution is 14.1. The number of fused-ring (bicyclic) bond motifs is 1. The van der Waals surface area contributed by atoms with Crippen LogP contribution in [0.5, 0.6) is 0 Å². The minimum atomic E-state index is 0.244. The molecule has 62 valence electrons. The normalized spacial score (nSPS) is 26.8. The van der Waals surface area contributed by atoms with E-state index in [1.165, 1.54) is 0 Å². The summed E-state index contributed by atoms with van der Waals surface area (Å²) in [6.45, 7) is 3.79. The first-order valence-corrected chi connectivity index (χ1v) is 4.92. The third kappa shape index (κ3) is 1.10. The van der Waals surface area contributed by atoms with Gasteiger partial charge in [0.05, 0.1) is 9.97 Å². The van der Waals surface area contributed by atoms with Crippen LogP contribution in [0.1, 0.15) is 11.9 Å². The molecule has 1 aliphatic rings. The van der Waals surface area contributed by atoms with Crippen molar-refractivity contribution in [2.75, 3.05) is 0 Å². The van der Waals surface area contributed by atoms with Crippen LogP contribution in [-0.2, 0) is 0 Å². The molecule has 2 heterocycles. The summed E-state index contributed by atoms with van der Waals surface area (Å²) >= 11 is 2.37. The largest absolute Gasteiger partial charge is 0.238 e. The summed E-state index contributed by atoms with van der Waals surface area (Å²) in [4.78, 5) is 4.10. The summed E-state index contributed by atoms with van der Waals surface area (Å²) in [5, 5.41) is 4.14. The lowest BCUT2D eigenvalue weighted by molar-refractivity contribution is 0.548. The van der Waals surface area contributed by atoms with Crippen molar-refractivity contribution in [1.29, 1.82) is 0 Å². The fraction of sp³-hybridized carbons (Fsp3) is 0.250. The van der Waals surface area contributed by atoms with Gasteiger partial charge in [-0.25, -0.2) is 9.67 Å². The van der Waals surface area contributed by atoms with Crippen LogP contribution in [0.4, 0.5) is 0 Å². The zero-order valence-corrected chi connectivity index (χ0v) is 8.55. The molecular formula is C8H8IN3. The van der Waals surface area contributed by atoms with Gasteiger partial charge in [0, 0.05) is 0 Å². The number of aromatic nitrogens is 3. The zero-order valence-electron chi connectivity index (χ0n) is 6.39. The van der Waals surface area contributed by atoms with Gasteiger partial charge < -0.3 is 0 Å². The van der Waals surface area contributed by atoms with E-state index in [4.69, 9.17) is 0 Å². The Balaban J connectivity index is 2.49. The zero-order chi connectivity index (χ0) is 8.55. The molecule has 0 saturated heterocycles. The average molecular weight is 273 g/mol. The molecule has 1 aromatic heterocycles. The van der Waals surface area contributed by atoms with E-state index in [-0.39, 0.29) is 6.04 Å². The Hall–Kier alpha value is -0.650. The third-order valence-corrected chi connectivity index (χ3v) is 3.03. The second-order valence-electron chi connectivity index (χ2n) is 2.59. The first kappa shape index (κ1) is 7.97. The predicted molar refractivity (Wildman–Crippen MR) is 56.1 cm³/mol.